The minimum atomic E-state index is 0.994. The van der Waals surface area contributed by atoms with Gasteiger partial charge in [0, 0.05) is 45.8 Å². The fraction of sp³-hybridized carbons (Fsp3) is 1.00. The molecule has 2 rings (SSSR count). The van der Waals surface area contributed by atoms with Gasteiger partial charge in [-0.2, -0.15) is 0 Å². The van der Waals surface area contributed by atoms with E-state index >= 15 is 0 Å². The van der Waals surface area contributed by atoms with Crippen LogP contribution in [0, 0.1) is 5.92 Å². The van der Waals surface area contributed by atoms with E-state index < -0.39 is 0 Å². The van der Waals surface area contributed by atoms with E-state index in [-0.39, 0.29) is 0 Å². The third kappa shape index (κ3) is 3.72. The van der Waals surface area contributed by atoms with Gasteiger partial charge in [0.25, 0.3) is 0 Å². The van der Waals surface area contributed by atoms with Crippen LogP contribution < -0.4 is 5.32 Å². The SMILES string of the molecule is CCCC1CCN(CCN2CCNCC2)C1. The van der Waals surface area contributed by atoms with Gasteiger partial charge in [0.2, 0.25) is 0 Å². The van der Waals surface area contributed by atoms with Crippen LogP contribution in [0.5, 0.6) is 0 Å². The fourth-order valence-corrected chi connectivity index (χ4v) is 2.98. The number of hydrogen-bond donors (Lipinski definition) is 1. The van der Waals surface area contributed by atoms with Crippen LogP contribution in [-0.4, -0.2) is 62.2 Å². The number of rotatable bonds is 5. The van der Waals surface area contributed by atoms with Gasteiger partial charge in [0.05, 0.1) is 0 Å². The second-order valence-electron chi connectivity index (χ2n) is 5.34. The predicted molar refractivity (Wildman–Crippen MR) is 68.8 cm³/mol. The summed E-state index contributed by atoms with van der Waals surface area (Å²) in [6, 6.07) is 0. The largest absolute Gasteiger partial charge is 0.314 e. The zero-order valence-electron chi connectivity index (χ0n) is 10.7. The topological polar surface area (TPSA) is 18.5 Å². The molecule has 0 radical (unpaired) electrons. The third-order valence-corrected chi connectivity index (χ3v) is 4.01. The summed E-state index contributed by atoms with van der Waals surface area (Å²) >= 11 is 0. The van der Waals surface area contributed by atoms with Crippen LogP contribution >= 0.6 is 0 Å². The van der Waals surface area contributed by atoms with Crippen molar-refractivity contribution in [3.8, 4) is 0 Å². The zero-order chi connectivity index (χ0) is 11.2. The van der Waals surface area contributed by atoms with Gasteiger partial charge in [-0.1, -0.05) is 13.3 Å². The maximum atomic E-state index is 3.41. The van der Waals surface area contributed by atoms with Crippen LogP contribution in [0.2, 0.25) is 0 Å². The molecule has 2 saturated heterocycles. The highest BCUT2D eigenvalue weighted by Gasteiger charge is 2.21. The fourth-order valence-electron chi connectivity index (χ4n) is 2.98. The van der Waals surface area contributed by atoms with Gasteiger partial charge in [-0.05, 0) is 25.3 Å². The van der Waals surface area contributed by atoms with Crippen molar-refractivity contribution in [1.82, 2.24) is 15.1 Å². The summed E-state index contributed by atoms with van der Waals surface area (Å²) in [6.45, 7) is 12.4. The standard InChI is InChI=1S/C13H27N3/c1-2-3-13-4-7-16(12-13)11-10-15-8-5-14-6-9-15/h13-14H,2-12H2,1H3. The molecular weight excluding hydrogens is 198 g/mol. The van der Waals surface area contributed by atoms with Gasteiger partial charge in [0.15, 0.2) is 0 Å². The van der Waals surface area contributed by atoms with Crippen molar-refractivity contribution in [3.05, 3.63) is 0 Å². The van der Waals surface area contributed by atoms with Gasteiger partial charge in [-0.3, -0.25) is 4.90 Å². The maximum Gasteiger partial charge on any atom is 0.0110 e. The van der Waals surface area contributed by atoms with Gasteiger partial charge in [-0.15, -0.1) is 0 Å². The van der Waals surface area contributed by atoms with Crippen molar-refractivity contribution in [2.75, 3.05) is 52.4 Å². The number of hydrogen-bond acceptors (Lipinski definition) is 3. The molecule has 3 nitrogen and oxygen atoms in total. The van der Waals surface area contributed by atoms with E-state index in [9.17, 15) is 0 Å². The van der Waals surface area contributed by atoms with Crippen LogP contribution in [0.4, 0.5) is 0 Å². The normalized spacial score (nSPS) is 28.7. The molecule has 2 fully saturated rings. The number of nitrogens with one attached hydrogen (secondary N) is 1. The summed E-state index contributed by atoms with van der Waals surface area (Å²) in [7, 11) is 0. The smallest absolute Gasteiger partial charge is 0.0110 e. The number of likely N-dealkylation sites (tertiary alicyclic amines) is 1. The van der Waals surface area contributed by atoms with Gasteiger partial charge in [0.1, 0.15) is 0 Å². The summed E-state index contributed by atoms with van der Waals surface area (Å²) in [5, 5.41) is 3.41. The van der Waals surface area contributed by atoms with E-state index in [0.29, 0.717) is 0 Å². The van der Waals surface area contributed by atoms with Crippen LogP contribution in [0.15, 0.2) is 0 Å². The highest BCUT2D eigenvalue weighted by Crippen LogP contribution is 2.20. The lowest BCUT2D eigenvalue weighted by atomic mass is 10.0. The monoisotopic (exact) mass is 225 g/mol. The lowest BCUT2D eigenvalue weighted by Crippen LogP contribution is -2.46. The minimum absolute atomic E-state index is 0.994. The number of piperazine rings is 1. The molecule has 1 unspecified atom stereocenters. The third-order valence-electron chi connectivity index (χ3n) is 4.01. The Labute approximate surface area is 100 Å². The van der Waals surface area contributed by atoms with E-state index in [4.69, 9.17) is 0 Å². The highest BCUT2D eigenvalue weighted by atomic mass is 15.2. The summed E-state index contributed by atoms with van der Waals surface area (Å²) in [4.78, 5) is 5.27. The molecule has 2 heterocycles. The Balaban J connectivity index is 1.59. The van der Waals surface area contributed by atoms with Crippen LogP contribution in [0.25, 0.3) is 0 Å². The second-order valence-corrected chi connectivity index (χ2v) is 5.34. The molecule has 0 aromatic rings. The minimum Gasteiger partial charge on any atom is -0.314 e. The molecule has 2 aliphatic rings. The van der Waals surface area contributed by atoms with Crippen LogP contribution in [0.3, 0.4) is 0 Å². The Hall–Kier alpha value is -0.120. The second kappa shape index (κ2) is 6.58. The lowest BCUT2D eigenvalue weighted by Gasteiger charge is -2.29. The first kappa shape index (κ1) is 12.3. The van der Waals surface area contributed by atoms with E-state index in [1.54, 1.807) is 0 Å². The first-order valence-corrected chi connectivity index (χ1v) is 7.04. The van der Waals surface area contributed by atoms with Crippen LogP contribution in [-0.2, 0) is 0 Å². The molecule has 16 heavy (non-hydrogen) atoms. The quantitative estimate of drug-likeness (QED) is 0.753. The molecule has 0 amide bonds. The van der Waals surface area contributed by atoms with Crippen molar-refractivity contribution in [1.29, 1.82) is 0 Å². The Bertz CT molecular complexity index is 190. The van der Waals surface area contributed by atoms with E-state index in [1.807, 2.05) is 0 Å². The molecule has 0 bridgehead atoms. The van der Waals surface area contributed by atoms with Crippen molar-refractivity contribution in [2.45, 2.75) is 26.2 Å². The number of nitrogens with zero attached hydrogens (tertiary/aromatic N) is 2. The Morgan fingerprint density at radius 2 is 1.81 bits per heavy atom. The molecule has 0 aliphatic carbocycles. The molecule has 0 saturated carbocycles. The first-order valence-electron chi connectivity index (χ1n) is 7.04. The molecule has 2 aliphatic heterocycles. The predicted octanol–water partition coefficient (Wildman–Crippen LogP) is 1.01. The van der Waals surface area contributed by atoms with Crippen LogP contribution in [0.1, 0.15) is 26.2 Å². The van der Waals surface area contributed by atoms with Gasteiger partial charge in [-0.25, -0.2) is 0 Å². The zero-order valence-corrected chi connectivity index (χ0v) is 10.7. The molecule has 3 heteroatoms. The van der Waals surface area contributed by atoms with Crippen molar-refractivity contribution < 1.29 is 0 Å². The average Bonchev–Trinajstić information content (AvgIpc) is 2.76. The molecule has 1 N–H and O–H groups in total. The first-order chi connectivity index (χ1) is 7.88. The molecule has 0 aromatic carbocycles. The summed E-state index contributed by atoms with van der Waals surface area (Å²) in [6.07, 6.45) is 4.23. The summed E-state index contributed by atoms with van der Waals surface area (Å²) in [5.74, 6) is 0.994. The molecule has 0 spiro atoms. The summed E-state index contributed by atoms with van der Waals surface area (Å²) < 4.78 is 0. The molecule has 0 aromatic heterocycles. The van der Waals surface area contributed by atoms with Crippen molar-refractivity contribution in [2.24, 2.45) is 5.92 Å². The molecule has 94 valence electrons. The van der Waals surface area contributed by atoms with Crippen molar-refractivity contribution in [3.63, 3.8) is 0 Å². The van der Waals surface area contributed by atoms with E-state index in [2.05, 4.69) is 22.0 Å². The Kier molecular flexibility index (Phi) is 5.07. The van der Waals surface area contributed by atoms with E-state index in [0.717, 1.165) is 5.92 Å². The van der Waals surface area contributed by atoms with Gasteiger partial charge >= 0.3 is 0 Å². The molecular formula is C13H27N3. The van der Waals surface area contributed by atoms with Gasteiger partial charge < -0.3 is 10.2 Å². The Morgan fingerprint density at radius 1 is 1.06 bits per heavy atom. The van der Waals surface area contributed by atoms with E-state index in [1.165, 1.54) is 71.6 Å². The maximum absolute atomic E-state index is 3.41. The van der Waals surface area contributed by atoms with Crippen molar-refractivity contribution >= 4 is 0 Å². The summed E-state index contributed by atoms with van der Waals surface area (Å²) in [5.41, 5.74) is 0. The highest BCUT2D eigenvalue weighted by molar-refractivity contribution is 4.77. The molecule has 1 atom stereocenters. The Morgan fingerprint density at radius 3 is 2.56 bits per heavy atom. The lowest BCUT2D eigenvalue weighted by molar-refractivity contribution is 0.202. The average molecular weight is 225 g/mol.